The third-order valence-electron chi connectivity index (χ3n) is 5.75. The highest BCUT2D eigenvalue weighted by Crippen LogP contribution is 2.41. The molecule has 2 aromatic rings. The standard InChI is InChI=1S/C20H24ClN3OS/c21-18-5-4-17(26-18)14-23-11-8-20(9-12-23)7-6-19(25)24(15-20)13-16-3-1-2-10-22-16/h1-5,10H,6-9,11-15H2. The number of thiophene rings is 1. The van der Waals surface area contributed by atoms with Crippen molar-refractivity contribution in [1.29, 1.82) is 0 Å². The zero-order chi connectivity index (χ0) is 18.0. The van der Waals surface area contributed by atoms with Gasteiger partial charge in [-0.05, 0) is 62.0 Å². The summed E-state index contributed by atoms with van der Waals surface area (Å²) < 4.78 is 0.865. The van der Waals surface area contributed by atoms with Gasteiger partial charge in [-0.3, -0.25) is 14.7 Å². The SMILES string of the molecule is O=C1CCC2(CCN(Cc3ccc(Cl)s3)CC2)CN1Cc1ccccn1. The van der Waals surface area contributed by atoms with Crippen molar-refractivity contribution in [3.8, 4) is 0 Å². The van der Waals surface area contributed by atoms with Crippen LogP contribution in [0.4, 0.5) is 0 Å². The Morgan fingerprint density at radius 1 is 1.12 bits per heavy atom. The van der Waals surface area contributed by atoms with Gasteiger partial charge in [0.15, 0.2) is 0 Å². The highest BCUT2D eigenvalue weighted by Gasteiger charge is 2.40. The van der Waals surface area contributed by atoms with Crippen molar-refractivity contribution in [1.82, 2.24) is 14.8 Å². The highest BCUT2D eigenvalue weighted by molar-refractivity contribution is 7.16. The smallest absolute Gasteiger partial charge is 0.222 e. The first kappa shape index (κ1) is 18.0. The number of carbonyl (C=O) groups excluding carboxylic acids is 1. The van der Waals surface area contributed by atoms with Crippen molar-refractivity contribution in [3.63, 3.8) is 0 Å². The highest BCUT2D eigenvalue weighted by atomic mass is 35.5. The predicted molar refractivity (Wildman–Crippen MR) is 105 cm³/mol. The lowest BCUT2D eigenvalue weighted by Gasteiger charge is -2.47. The summed E-state index contributed by atoms with van der Waals surface area (Å²) in [6, 6.07) is 10.0. The predicted octanol–water partition coefficient (Wildman–Crippen LogP) is 4.20. The van der Waals surface area contributed by atoms with Crippen LogP contribution < -0.4 is 0 Å². The molecule has 6 heteroatoms. The molecule has 0 N–H and O–H groups in total. The van der Waals surface area contributed by atoms with E-state index in [2.05, 4.69) is 16.0 Å². The molecule has 2 fully saturated rings. The van der Waals surface area contributed by atoms with Crippen LogP contribution in [0.5, 0.6) is 0 Å². The van der Waals surface area contributed by atoms with E-state index in [9.17, 15) is 4.79 Å². The first-order chi connectivity index (χ1) is 12.6. The van der Waals surface area contributed by atoms with Gasteiger partial charge in [-0.2, -0.15) is 0 Å². The summed E-state index contributed by atoms with van der Waals surface area (Å²) in [4.78, 5) is 22.7. The number of halogens is 1. The van der Waals surface area contributed by atoms with Crippen molar-refractivity contribution < 1.29 is 4.79 Å². The maximum absolute atomic E-state index is 12.4. The van der Waals surface area contributed by atoms with Gasteiger partial charge < -0.3 is 4.90 Å². The van der Waals surface area contributed by atoms with Gasteiger partial charge in [-0.25, -0.2) is 0 Å². The van der Waals surface area contributed by atoms with Crippen LogP contribution >= 0.6 is 22.9 Å². The van der Waals surface area contributed by atoms with Crippen molar-refractivity contribution in [3.05, 3.63) is 51.4 Å². The molecule has 1 amide bonds. The third kappa shape index (κ3) is 4.11. The van der Waals surface area contributed by atoms with E-state index in [1.54, 1.807) is 17.5 Å². The second kappa shape index (κ2) is 7.67. The minimum absolute atomic E-state index is 0.275. The molecule has 2 aliphatic rings. The lowest BCUT2D eigenvalue weighted by Crippen LogP contribution is -2.51. The fourth-order valence-corrected chi connectivity index (χ4v) is 5.31. The third-order valence-corrected chi connectivity index (χ3v) is 6.97. The van der Waals surface area contributed by atoms with E-state index in [1.807, 2.05) is 29.2 Å². The molecule has 0 aromatic carbocycles. The molecular formula is C20H24ClN3OS. The average molecular weight is 390 g/mol. The van der Waals surface area contributed by atoms with Gasteiger partial charge in [-0.1, -0.05) is 17.7 Å². The molecule has 4 heterocycles. The Bertz CT molecular complexity index is 755. The van der Waals surface area contributed by atoms with E-state index in [4.69, 9.17) is 11.6 Å². The summed E-state index contributed by atoms with van der Waals surface area (Å²) in [5.41, 5.74) is 1.26. The number of hydrogen-bond acceptors (Lipinski definition) is 4. The number of piperidine rings is 2. The first-order valence-corrected chi connectivity index (χ1v) is 10.5. The number of nitrogens with zero attached hydrogens (tertiary/aromatic N) is 3. The number of aromatic nitrogens is 1. The van der Waals surface area contributed by atoms with Crippen LogP contribution in [0.15, 0.2) is 36.5 Å². The van der Waals surface area contributed by atoms with E-state index >= 15 is 0 Å². The van der Waals surface area contributed by atoms with Crippen LogP contribution in [0, 0.1) is 5.41 Å². The normalized spacial score (nSPS) is 20.7. The van der Waals surface area contributed by atoms with Crippen molar-refractivity contribution in [2.75, 3.05) is 19.6 Å². The molecule has 0 atom stereocenters. The van der Waals surface area contributed by atoms with Gasteiger partial charge in [0.25, 0.3) is 0 Å². The monoisotopic (exact) mass is 389 g/mol. The molecule has 0 unspecified atom stereocenters. The van der Waals surface area contributed by atoms with Crippen molar-refractivity contribution in [2.45, 2.75) is 38.8 Å². The number of carbonyl (C=O) groups is 1. The minimum Gasteiger partial charge on any atom is -0.336 e. The fourth-order valence-electron chi connectivity index (χ4n) is 4.18. The van der Waals surface area contributed by atoms with E-state index in [-0.39, 0.29) is 11.3 Å². The summed E-state index contributed by atoms with van der Waals surface area (Å²) in [6.45, 7) is 4.70. The Kier molecular flexibility index (Phi) is 5.30. The Morgan fingerprint density at radius 2 is 1.96 bits per heavy atom. The number of rotatable bonds is 4. The molecule has 1 spiro atoms. The summed E-state index contributed by atoms with van der Waals surface area (Å²) in [5.74, 6) is 0.275. The second-order valence-electron chi connectivity index (χ2n) is 7.55. The van der Waals surface area contributed by atoms with Crippen LogP contribution in [0.2, 0.25) is 4.34 Å². The van der Waals surface area contributed by atoms with Crippen LogP contribution in [0.25, 0.3) is 0 Å². The topological polar surface area (TPSA) is 36.4 Å². The van der Waals surface area contributed by atoms with Crippen LogP contribution in [0.1, 0.15) is 36.3 Å². The summed E-state index contributed by atoms with van der Waals surface area (Å²) in [5, 5.41) is 0. The van der Waals surface area contributed by atoms with Gasteiger partial charge in [0, 0.05) is 30.6 Å². The number of likely N-dealkylation sites (tertiary alicyclic amines) is 2. The molecule has 0 saturated carbocycles. The Morgan fingerprint density at radius 3 is 2.65 bits per heavy atom. The molecule has 2 aliphatic heterocycles. The molecular weight excluding hydrogens is 366 g/mol. The summed E-state index contributed by atoms with van der Waals surface area (Å²) in [6.07, 6.45) is 5.83. The molecule has 4 rings (SSSR count). The Balaban J connectivity index is 1.36. The zero-order valence-corrected chi connectivity index (χ0v) is 16.4. The van der Waals surface area contributed by atoms with Crippen LogP contribution in [0.3, 0.4) is 0 Å². The average Bonchev–Trinajstić information content (AvgIpc) is 3.06. The molecule has 26 heavy (non-hydrogen) atoms. The lowest BCUT2D eigenvalue weighted by atomic mass is 9.72. The van der Waals surface area contributed by atoms with E-state index in [0.717, 1.165) is 55.5 Å². The van der Waals surface area contributed by atoms with Gasteiger partial charge in [0.05, 0.1) is 16.6 Å². The van der Waals surface area contributed by atoms with Crippen LogP contribution in [-0.2, 0) is 17.9 Å². The summed E-state index contributed by atoms with van der Waals surface area (Å²) >= 11 is 7.72. The van der Waals surface area contributed by atoms with E-state index in [1.165, 1.54) is 4.88 Å². The van der Waals surface area contributed by atoms with Crippen LogP contribution in [-0.4, -0.2) is 40.3 Å². The van der Waals surface area contributed by atoms with Gasteiger partial charge in [0.2, 0.25) is 5.91 Å². The molecule has 2 saturated heterocycles. The maximum Gasteiger partial charge on any atom is 0.222 e. The molecule has 138 valence electrons. The first-order valence-electron chi connectivity index (χ1n) is 9.26. The minimum atomic E-state index is 0.275. The quantitative estimate of drug-likeness (QED) is 0.786. The number of pyridine rings is 1. The van der Waals surface area contributed by atoms with Gasteiger partial charge in [0.1, 0.15) is 0 Å². The largest absolute Gasteiger partial charge is 0.336 e. The van der Waals surface area contributed by atoms with Crippen molar-refractivity contribution in [2.24, 2.45) is 5.41 Å². The Labute approximate surface area is 163 Å². The molecule has 2 aromatic heterocycles. The molecule has 0 bridgehead atoms. The Hall–Kier alpha value is -1.43. The molecule has 0 aliphatic carbocycles. The fraction of sp³-hybridized carbons (Fsp3) is 0.500. The zero-order valence-electron chi connectivity index (χ0n) is 14.9. The molecule has 4 nitrogen and oxygen atoms in total. The molecule has 0 radical (unpaired) electrons. The number of amides is 1. The van der Waals surface area contributed by atoms with E-state index in [0.29, 0.717) is 13.0 Å². The lowest BCUT2D eigenvalue weighted by molar-refractivity contribution is -0.140. The van der Waals surface area contributed by atoms with Gasteiger partial charge in [-0.15, -0.1) is 11.3 Å². The second-order valence-corrected chi connectivity index (χ2v) is 9.35. The maximum atomic E-state index is 12.4. The van der Waals surface area contributed by atoms with Gasteiger partial charge >= 0.3 is 0 Å². The van der Waals surface area contributed by atoms with Crippen molar-refractivity contribution >= 4 is 28.8 Å². The number of hydrogen-bond donors (Lipinski definition) is 0. The van der Waals surface area contributed by atoms with E-state index < -0.39 is 0 Å². The summed E-state index contributed by atoms with van der Waals surface area (Å²) in [7, 11) is 0.